The van der Waals surface area contributed by atoms with Crippen molar-refractivity contribution < 1.29 is 14.3 Å². The average molecular weight is 312 g/mol. The van der Waals surface area contributed by atoms with Gasteiger partial charge < -0.3 is 20.1 Å². The van der Waals surface area contributed by atoms with E-state index in [-0.39, 0.29) is 5.91 Å². The number of hydrogen-bond donors (Lipinski definition) is 1. The molecule has 120 valence electrons. The van der Waals surface area contributed by atoms with Gasteiger partial charge in [0.15, 0.2) is 6.10 Å². The first kappa shape index (κ1) is 15.2. The Labute approximate surface area is 135 Å². The van der Waals surface area contributed by atoms with Crippen LogP contribution < -0.4 is 20.1 Å². The van der Waals surface area contributed by atoms with E-state index in [9.17, 15) is 4.79 Å². The highest BCUT2D eigenvalue weighted by atomic mass is 16.5. The summed E-state index contributed by atoms with van der Waals surface area (Å²) < 4.78 is 11.3. The second-order valence-corrected chi connectivity index (χ2v) is 5.43. The van der Waals surface area contributed by atoms with Crippen LogP contribution in [0.4, 0.5) is 11.4 Å². The molecule has 3 rings (SSSR count). The maximum atomic E-state index is 12.8. The quantitative estimate of drug-likeness (QED) is 0.882. The van der Waals surface area contributed by atoms with E-state index in [1.54, 1.807) is 24.1 Å². The van der Waals surface area contributed by atoms with Gasteiger partial charge in [-0.05, 0) is 36.8 Å². The van der Waals surface area contributed by atoms with Crippen molar-refractivity contribution >= 4 is 17.3 Å². The Morgan fingerprint density at radius 3 is 2.78 bits per heavy atom. The molecule has 1 amide bonds. The largest absolute Gasteiger partial charge is 0.496 e. The first-order valence-electron chi connectivity index (χ1n) is 7.63. The van der Waals surface area contributed by atoms with Crippen LogP contribution in [0, 0.1) is 0 Å². The summed E-state index contributed by atoms with van der Waals surface area (Å²) in [5, 5.41) is 0. The summed E-state index contributed by atoms with van der Waals surface area (Å²) in [7, 11) is 1.62. The molecule has 1 atom stereocenters. The predicted octanol–water partition coefficient (Wildman–Crippen LogP) is 2.63. The highest BCUT2D eigenvalue weighted by Crippen LogP contribution is 2.36. The van der Waals surface area contributed by atoms with E-state index in [2.05, 4.69) is 0 Å². The van der Waals surface area contributed by atoms with Gasteiger partial charge in [-0.25, -0.2) is 0 Å². The SMILES string of the molecule is CCN1C(=O)C(Cc2ccccc2OC)Oc2ccc(N)cc21. The summed E-state index contributed by atoms with van der Waals surface area (Å²) in [6, 6.07) is 13.0. The normalized spacial score (nSPS) is 16.7. The zero-order chi connectivity index (χ0) is 16.4. The maximum Gasteiger partial charge on any atom is 0.268 e. The van der Waals surface area contributed by atoms with Crippen LogP contribution in [0.3, 0.4) is 0 Å². The molecule has 0 fully saturated rings. The minimum Gasteiger partial charge on any atom is -0.496 e. The topological polar surface area (TPSA) is 64.8 Å². The number of para-hydroxylation sites is 1. The highest BCUT2D eigenvalue weighted by Gasteiger charge is 2.34. The molecule has 1 unspecified atom stereocenters. The Morgan fingerprint density at radius 1 is 1.26 bits per heavy atom. The minimum absolute atomic E-state index is 0.0588. The van der Waals surface area contributed by atoms with Gasteiger partial charge >= 0.3 is 0 Å². The van der Waals surface area contributed by atoms with Crippen molar-refractivity contribution in [2.45, 2.75) is 19.4 Å². The van der Waals surface area contributed by atoms with Crippen LogP contribution in [0.2, 0.25) is 0 Å². The third-order valence-electron chi connectivity index (χ3n) is 4.00. The van der Waals surface area contributed by atoms with E-state index >= 15 is 0 Å². The Balaban J connectivity index is 1.92. The molecule has 0 aliphatic carbocycles. The number of rotatable bonds is 4. The van der Waals surface area contributed by atoms with Crippen LogP contribution in [0.25, 0.3) is 0 Å². The number of methoxy groups -OCH3 is 1. The molecule has 2 aromatic rings. The van der Waals surface area contributed by atoms with Gasteiger partial charge in [0.2, 0.25) is 0 Å². The number of nitrogens with zero attached hydrogens (tertiary/aromatic N) is 1. The zero-order valence-corrected chi connectivity index (χ0v) is 13.3. The number of amides is 1. The molecule has 0 radical (unpaired) electrons. The lowest BCUT2D eigenvalue weighted by molar-refractivity contribution is -0.126. The van der Waals surface area contributed by atoms with Crippen LogP contribution in [0.5, 0.6) is 11.5 Å². The fourth-order valence-corrected chi connectivity index (χ4v) is 2.87. The van der Waals surface area contributed by atoms with E-state index < -0.39 is 6.10 Å². The smallest absolute Gasteiger partial charge is 0.268 e. The summed E-state index contributed by atoms with van der Waals surface area (Å²) in [4.78, 5) is 14.5. The van der Waals surface area contributed by atoms with Crippen molar-refractivity contribution in [3.8, 4) is 11.5 Å². The summed E-state index contributed by atoms with van der Waals surface area (Å²) in [5.41, 5.74) is 8.12. The van der Waals surface area contributed by atoms with Crippen molar-refractivity contribution in [1.29, 1.82) is 0 Å². The number of hydrogen-bond acceptors (Lipinski definition) is 4. The molecular weight excluding hydrogens is 292 g/mol. The number of fused-ring (bicyclic) bond motifs is 1. The zero-order valence-electron chi connectivity index (χ0n) is 13.3. The molecule has 0 saturated heterocycles. The molecule has 1 heterocycles. The Bertz CT molecular complexity index is 730. The molecule has 0 aromatic heterocycles. The molecule has 0 saturated carbocycles. The first-order chi connectivity index (χ1) is 11.1. The molecule has 2 N–H and O–H groups in total. The number of benzene rings is 2. The fraction of sp³-hybridized carbons (Fsp3) is 0.278. The molecule has 2 aromatic carbocycles. The van der Waals surface area contributed by atoms with Gasteiger partial charge in [0, 0.05) is 18.7 Å². The van der Waals surface area contributed by atoms with Crippen molar-refractivity contribution in [2.75, 3.05) is 24.3 Å². The molecular formula is C18H20N2O3. The summed E-state index contributed by atoms with van der Waals surface area (Å²) in [6.07, 6.45) is -0.106. The third kappa shape index (κ3) is 2.82. The van der Waals surface area contributed by atoms with Crippen molar-refractivity contribution in [1.82, 2.24) is 0 Å². The third-order valence-corrected chi connectivity index (χ3v) is 4.00. The molecule has 5 nitrogen and oxygen atoms in total. The Kier molecular flexibility index (Phi) is 4.10. The first-order valence-corrected chi connectivity index (χ1v) is 7.63. The van der Waals surface area contributed by atoms with Crippen LogP contribution >= 0.6 is 0 Å². The fourth-order valence-electron chi connectivity index (χ4n) is 2.87. The van der Waals surface area contributed by atoms with Gasteiger partial charge in [-0.15, -0.1) is 0 Å². The number of likely N-dealkylation sites (N-methyl/N-ethyl adjacent to an activating group) is 1. The van der Waals surface area contributed by atoms with E-state index in [0.29, 0.717) is 24.4 Å². The molecule has 0 spiro atoms. The number of carbonyl (C=O) groups is 1. The van der Waals surface area contributed by atoms with Crippen LogP contribution in [-0.4, -0.2) is 25.7 Å². The molecule has 5 heteroatoms. The van der Waals surface area contributed by atoms with Crippen molar-refractivity contribution in [2.24, 2.45) is 0 Å². The number of carbonyl (C=O) groups excluding carboxylic acids is 1. The van der Waals surface area contributed by atoms with Gasteiger partial charge in [-0.1, -0.05) is 18.2 Å². The minimum atomic E-state index is -0.567. The van der Waals surface area contributed by atoms with Gasteiger partial charge in [-0.3, -0.25) is 4.79 Å². The van der Waals surface area contributed by atoms with Crippen LogP contribution in [-0.2, 0) is 11.2 Å². The van der Waals surface area contributed by atoms with Gasteiger partial charge in [-0.2, -0.15) is 0 Å². The Morgan fingerprint density at radius 2 is 2.04 bits per heavy atom. The lowest BCUT2D eigenvalue weighted by Crippen LogP contribution is -2.46. The molecule has 0 bridgehead atoms. The standard InChI is InChI=1S/C18H20N2O3/c1-3-20-14-11-13(19)8-9-16(14)23-17(18(20)21)10-12-6-4-5-7-15(12)22-2/h4-9,11,17H,3,10,19H2,1-2H3. The lowest BCUT2D eigenvalue weighted by Gasteiger charge is -2.34. The van der Waals surface area contributed by atoms with Crippen LogP contribution in [0.15, 0.2) is 42.5 Å². The number of anilines is 2. The number of nitrogens with two attached hydrogens (primary N) is 1. The lowest BCUT2D eigenvalue weighted by atomic mass is 10.0. The maximum absolute atomic E-state index is 12.8. The number of ether oxygens (including phenoxy) is 2. The summed E-state index contributed by atoms with van der Waals surface area (Å²) >= 11 is 0. The van der Waals surface area contributed by atoms with Gasteiger partial charge in [0.1, 0.15) is 11.5 Å². The number of nitrogen functional groups attached to an aromatic ring is 1. The molecule has 23 heavy (non-hydrogen) atoms. The average Bonchev–Trinajstić information content (AvgIpc) is 2.56. The molecule has 1 aliphatic rings. The monoisotopic (exact) mass is 312 g/mol. The van der Waals surface area contributed by atoms with Crippen molar-refractivity contribution in [3.63, 3.8) is 0 Å². The van der Waals surface area contributed by atoms with Crippen molar-refractivity contribution in [3.05, 3.63) is 48.0 Å². The summed E-state index contributed by atoms with van der Waals surface area (Å²) in [5.74, 6) is 1.38. The summed E-state index contributed by atoms with van der Waals surface area (Å²) in [6.45, 7) is 2.51. The van der Waals surface area contributed by atoms with E-state index in [4.69, 9.17) is 15.2 Å². The second-order valence-electron chi connectivity index (χ2n) is 5.43. The van der Waals surface area contributed by atoms with E-state index in [1.807, 2.05) is 37.3 Å². The highest BCUT2D eigenvalue weighted by molar-refractivity contribution is 6.00. The van der Waals surface area contributed by atoms with E-state index in [1.165, 1.54) is 0 Å². The molecule has 1 aliphatic heterocycles. The predicted molar refractivity (Wildman–Crippen MR) is 90.0 cm³/mol. The second kappa shape index (κ2) is 6.20. The van der Waals surface area contributed by atoms with Gasteiger partial charge in [0.05, 0.1) is 12.8 Å². The Hall–Kier alpha value is -2.69. The van der Waals surface area contributed by atoms with E-state index in [0.717, 1.165) is 17.0 Å². The van der Waals surface area contributed by atoms with Crippen LogP contribution in [0.1, 0.15) is 12.5 Å². The van der Waals surface area contributed by atoms with Gasteiger partial charge in [0.25, 0.3) is 5.91 Å².